The fraction of sp³-hybridized carbons (Fsp3) is 0.800. The Kier molecular flexibility index (Phi) is 5.88. The van der Waals surface area contributed by atoms with Crippen LogP contribution in [0.15, 0.2) is 4.42 Å². The van der Waals surface area contributed by atoms with E-state index >= 15 is 0 Å². The van der Waals surface area contributed by atoms with Crippen molar-refractivity contribution in [1.29, 1.82) is 0 Å². The van der Waals surface area contributed by atoms with Crippen LogP contribution in [0.25, 0.3) is 0 Å². The van der Waals surface area contributed by atoms with Crippen molar-refractivity contribution >= 4 is 6.01 Å². The fourth-order valence-corrected chi connectivity index (χ4v) is 1.24. The highest BCUT2D eigenvalue weighted by Gasteiger charge is 2.15. The highest BCUT2D eigenvalue weighted by atomic mass is 16.5. The molecular weight excluding hydrogens is 224 g/mol. The molecule has 7 heteroatoms. The van der Waals surface area contributed by atoms with Crippen molar-refractivity contribution in [2.75, 3.05) is 45.4 Å². The van der Waals surface area contributed by atoms with Crippen LogP contribution in [-0.4, -0.2) is 50.7 Å². The van der Waals surface area contributed by atoms with Crippen LogP contribution in [0.2, 0.25) is 0 Å². The molecule has 0 fully saturated rings. The van der Waals surface area contributed by atoms with Crippen LogP contribution < -0.4 is 10.6 Å². The van der Waals surface area contributed by atoms with E-state index in [0.29, 0.717) is 38.2 Å². The predicted molar refractivity (Wildman–Crippen MR) is 62.9 cm³/mol. The number of nitrogens with two attached hydrogens (primary N) is 1. The van der Waals surface area contributed by atoms with Crippen LogP contribution in [0.4, 0.5) is 6.01 Å². The molecule has 1 atom stereocenters. The summed E-state index contributed by atoms with van der Waals surface area (Å²) < 4.78 is 15.5. The molecule has 0 radical (unpaired) electrons. The first-order valence-corrected chi connectivity index (χ1v) is 5.50. The number of nitrogens with zero attached hydrogens (tertiary/aromatic N) is 3. The molecule has 1 rings (SSSR count). The predicted octanol–water partition coefficient (Wildman–Crippen LogP) is 0.189. The van der Waals surface area contributed by atoms with E-state index in [4.69, 9.17) is 19.6 Å². The fourth-order valence-electron chi connectivity index (χ4n) is 1.24. The highest BCUT2D eigenvalue weighted by Crippen LogP contribution is 2.15. The first kappa shape index (κ1) is 13.9. The molecule has 0 amide bonds. The molecule has 98 valence electrons. The van der Waals surface area contributed by atoms with Gasteiger partial charge in [-0.25, -0.2) is 0 Å². The normalized spacial score (nSPS) is 12.7. The Morgan fingerprint density at radius 1 is 1.24 bits per heavy atom. The summed E-state index contributed by atoms with van der Waals surface area (Å²) in [6.45, 7) is 4.30. The minimum atomic E-state index is -0.261. The molecule has 0 bridgehead atoms. The van der Waals surface area contributed by atoms with E-state index in [-0.39, 0.29) is 6.04 Å². The second kappa shape index (κ2) is 7.21. The Hall–Kier alpha value is -1.18. The van der Waals surface area contributed by atoms with Crippen molar-refractivity contribution in [3.05, 3.63) is 5.89 Å². The van der Waals surface area contributed by atoms with Gasteiger partial charge in [-0.15, -0.1) is 5.10 Å². The molecule has 0 spiro atoms. The summed E-state index contributed by atoms with van der Waals surface area (Å²) >= 11 is 0. The number of hydrogen-bond acceptors (Lipinski definition) is 7. The summed E-state index contributed by atoms with van der Waals surface area (Å²) in [5.74, 6) is 0.430. The van der Waals surface area contributed by atoms with E-state index < -0.39 is 0 Å². The Labute approximate surface area is 101 Å². The van der Waals surface area contributed by atoms with Gasteiger partial charge in [0.05, 0.1) is 19.3 Å². The molecule has 1 aromatic rings. The largest absolute Gasteiger partial charge is 0.406 e. The van der Waals surface area contributed by atoms with Crippen molar-refractivity contribution in [3.8, 4) is 0 Å². The van der Waals surface area contributed by atoms with Crippen molar-refractivity contribution < 1.29 is 13.9 Å². The lowest BCUT2D eigenvalue weighted by atomic mass is 10.4. The van der Waals surface area contributed by atoms with Crippen LogP contribution in [0.1, 0.15) is 18.9 Å². The van der Waals surface area contributed by atoms with Gasteiger partial charge in [0.2, 0.25) is 5.89 Å². The first-order chi connectivity index (χ1) is 8.19. The van der Waals surface area contributed by atoms with Gasteiger partial charge in [-0.05, 0) is 6.92 Å². The molecule has 7 nitrogen and oxygen atoms in total. The number of methoxy groups -OCH3 is 2. The molecule has 2 N–H and O–H groups in total. The Balaban J connectivity index is 2.65. The summed E-state index contributed by atoms with van der Waals surface area (Å²) in [5.41, 5.74) is 5.66. The molecule has 0 saturated heterocycles. The molecule has 0 aliphatic rings. The molecule has 0 aromatic carbocycles. The van der Waals surface area contributed by atoms with Crippen molar-refractivity contribution in [1.82, 2.24) is 10.2 Å². The lowest BCUT2D eigenvalue weighted by molar-refractivity contribution is 0.188. The molecule has 0 saturated carbocycles. The molecule has 17 heavy (non-hydrogen) atoms. The van der Waals surface area contributed by atoms with Gasteiger partial charge in [-0.2, -0.15) is 0 Å². The topological polar surface area (TPSA) is 86.6 Å². The van der Waals surface area contributed by atoms with Crippen LogP contribution >= 0.6 is 0 Å². The van der Waals surface area contributed by atoms with Crippen molar-refractivity contribution in [2.45, 2.75) is 13.0 Å². The molecule has 1 heterocycles. The van der Waals surface area contributed by atoms with Gasteiger partial charge in [0, 0.05) is 27.3 Å². The number of anilines is 1. The maximum atomic E-state index is 5.66. The number of rotatable bonds is 8. The van der Waals surface area contributed by atoms with E-state index in [0.717, 1.165) is 0 Å². The molecular formula is C10H20N4O3. The first-order valence-electron chi connectivity index (χ1n) is 5.50. The second-order valence-corrected chi connectivity index (χ2v) is 3.68. The minimum absolute atomic E-state index is 0.261. The van der Waals surface area contributed by atoms with Crippen molar-refractivity contribution in [2.24, 2.45) is 5.73 Å². The molecule has 1 unspecified atom stereocenters. The van der Waals surface area contributed by atoms with Gasteiger partial charge in [0.15, 0.2) is 0 Å². The summed E-state index contributed by atoms with van der Waals surface area (Å²) in [5, 5.41) is 7.85. The second-order valence-electron chi connectivity index (χ2n) is 3.68. The van der Waals surface area contributed by atoms with Crippen LogP contribution in [0.3, 0.4) is 0 Å². The number of ether oxygens (including phenoxy) is 2. The lowest BCUT2D eigenvalue weighted by Gasteiger charge is -2.18. The van der Waals surface area contributed by atoms with Gasteiger partial charge in [0.1, 0.15) is 0 Å². The number of aromatic nitrogens is 2. The third kappa shape index (κ3) is 4.29. The zero-order valence-corrected chi connectivity index (χ0v) is 10.5. The van der Waals surface area contributed by atoms with Gasteiger partial charge in [-0.3, -0.25) is 0 Å². The quantitative estimate of drug-likeness (QED) is 0.698. The van der Waals surface area contributed by atoms with Crippen LogP contribution in [0.5, 0.6) is 0 Å². The van der Waals surface area contributed by atoms with E-state index in [2.05, 4.69) is 10.2 Å². The Morgan fingerprint density at radius 2 is 1.82 bits per heavy atom. The smallest absolute Gasteiger partial charge is 0.318 e. The maximum absolute atomic E-state index is 5.66. The molecule has 1 aromatic heterocycles. The Bertz CT molecular complexity index is 308. The van der Waals surface area contributed by atoms with E-state index in [1.54, 1.807) is 21.1 Å². The average molecular weight is 244 g/mol. The van der Waals surface area contributed by atoms with Gasteiger partial charge >= 0.3 is 6.01 Å². The van der Waals surface area contributed by atoms with E-state index in [1.165, 1.54) is 0 Å². The zero-order valence-electron chi connectivity index (χ0n) is 10.5. The monoisotopic (exact) mass is 244 g/mol. The zero-order chi connectivity index (χ0) is 12.7. The SMILES string of the molecule is COCCN(CCOC)c1nnc(C(C)N)o1. The van der Waals surface area contributed by atoms with E-state index in [1.807, 2.05) is 4.90 Å². The summed E-state index contributed by atoms with van der Waals surface area (Å²) in [4.78, 5) is 1.91. The summed E-state index contributed by atoms with van der Waals surface area (Å²) in [6.07, 6.45) is 0. The van der Waals surface area contributed by atoms with Crippen molar-refractivity contribution in [3.63, 3.8) is 0 Å². The minimum Gasteiger partial charge on any atom is -0.406 e. The van der Waals surface area contributed by atoms with Gasteiger partial charge in [-0.1, -0.05) is 5.10 Å². The standard InChI is InChI=1S/C10H20N4O3/c1-8(11)9-12-13-10(17-9)14(4-6-15-2)5-7-16-3/h8H,4-7,11H2,1-3H3. The summed E-state index contributed by atoms with van der Waals surface area (Å²) in [7, 11) is 3.30. The van der Waals surface area contributed by atoms with E-state index in [9.17, 15) is 0 Å². The van der Waals surface area contributed by atoms with Crippen LogP contribution in [-0.2, 0) is 9.47 Å². The third-order valence-corrected chi connectivity index (χ3v) is 2.22. The van der Waals surface area contributed by atoms with Gasteiger partial charge < -0.3 is 24.5 Å². The highest BCUT2D eigenvalue weighted by molar-refractivity contribution is 5.24. The maximum Gasteiger partial charge on any atom is 0.318 e. The van der Waals surface area contributed by atoms with Crippen LogP contribution in [0, 0.1) is 0 Å². The van der Waals surface area contributed by atoms with Gasteiger partial charge in [0.25, 0.3) is 0 Å². The molecule has 0 aliphatic carbocycles. The molecule has 0 aliphatic heterocycles. The Morgan fingerprint density at radius 3 is 2.24 bits per heavy atom. The average Bonchev–Trinajstić information content (AvgIpc) is 2.79. The lowest BCUT2D eigenvalue weighted by Crippen LogP contribution is -2.30. The number of hydrogen-bond donors (Lipinski definition) is 1. The summed E-state index contributed by atoms with van der Waals surface area (Å²) in [6, 6.07) is 0.189. The third-order valence-electron chi connectivity index (χ3n) is 2.22.